The highest BCUT2D eigenvalue weighted by atomic mass is 32.2. The molecular formula is C6H11N3O3S. The van der Waals surface area contributed by atoms with Crippen molar-refractivity contribution in [2.45, 2.75) is 18.7 Å². The molecule has 0 aliphatic heterocycles. The minimum Gasteiger partial charge on any atom is -0.380 e. The van der Waals surface area contributed by atoms with Crippen molar-refractivity contribution in [2.75, 3.05) is 12.3 Å². The fourth-order valence-electron chi connectivity index (χ4n) is 0.970. The molecule has 0 fully saturated rings. The summed E-state index contributed by atoms with van der Waals surface area (Å²) in [5.74, 6) is 0.0805. The van der Waals surface area contributed by atoms with E-state index >= 15 is 0 Å². The van der Waals surface area contributed by atoms with Gasteiger partial charge in [0.25, 0.3) is 0 Å². The first-order valence-corrected chi connectivity index (χ1v) is 5.18. The van der Waals surface area contributed by atoms with Crippen LogP contribution in [0.4, 0.5) is 5.82 Å². The Balaban J connectivity index is 3.21. The summed E-state index contributed by atoms with van der Waals surface area (Å²) in [7, 11) is -3.56. The Morgan fingerprint density at radius 1 is 1.62 bits per heavy atom. The zero-order valence-corrected chi connectivity index (χ0v) is 8.18. The lowest BCUT2D eigenvalue weighted by molar-refractivity contribution is 0.396. The topological polar surface area (TPSA) is 98.2 Å². The van der Waals surface area contributed by atoms with Crippen LogP contribution >= 0.6 is 0 Å². The van der Waals surface area contributed by atoms with Crippen molar-refractivity contribution in [1.82, 2.24) is 9.88 Å². The molecule has 74 valence electrons. The third kappa shape index (κ3) is 1.81. The van der Waals surface area contributed by atoms with Crippen LogP contribution in [0.2, 0.25) is 0 Å². The summed E-state index contributed by atoms with van der Waals surface area (Å²) in [6.45, 7) is 3.47. The number of aromatic nitrogens is 1. The van der Waals surface area contributed by atoms with Crippen LogP contribution in [-0.2, 0) is 10.0 Å². The van der Waals surface area contributed by atoms with Crippen LogP contribution in [0.1, 0.15) is 12.7 Å². The summed E-state index contributed by atoms with van der Waals surface area (Å²) >= 11 is 0. The first-order chi connectivity index (χ1) is 5.99. The molecule has 0 saturated carbocycles. The number of nitrogens with one attached hydrogen (secondary N) is 1. The van der Waals surface area contributed by atoms with E-state index in [1.165, 1.54) is 6.92 Å². The van der Waals surface area contributed by atoms with Crippen LogP contribution in [-0.4, -0.2) is 20.1 Å². The molecule has 6 nitrogen and oxygen atoms in total. The molecule has 13 heavy (non-hydrogen) atoms. The molecule has 0 unspecified atom stereocenters. The van der Waals surface area contributed by atoms with E-state index in [9.17, 15) is 8.42 Å². The first kappa shape index (κ1) is 10.0. The van der Waals surface area contributed by atoms with Crippen LogP contribution in [0.15, 0.2) is 9.42 Å². The number of sulfonamides is 1. The Labute approximate surface area is 76.1 Å². The second-order valence-electron chi connectivity index (χ2n) is 2.45. The van der Waals surface area contributed by atoms with E-state index in [4.69, 9.17) is 5.73 Å². The lowest BCUT2D eigenvalue weighted by Crippen LogP contribution is -2.24. The average molecular weight is 205 g/mol. The molecule has 3 N–H and O–H groups in total. The van der Waals surface area contributed by atoms with Gasteiger partial charge < -0.3 is 10.3 Å². The number of nitrogens with two attached hydrogens (primary N) is 1. The molecule has 0 bridgehead atoms. The van der Waals surface area contributed by atoms with Crippen molar-refractivity contribution in [2.24, 2.45) is 0 Å². The van der Waals surface area contributed by atoms with E-state index < -0.39 is 10.0 Å². The van der Waals surface area contributed by atoms with Gasteiger partial charge in [0.15, 0.2) is 16.5 Å². The van der Waals surface area contributed by atoms with Crippen molar-refractivity contribution in [3.05, 3.63) is 5.76 Å². The van der Waals surface area contributed by atoms with Gasteiger partial charge in [-0.15, -0.1) is 0 Å². The predicted octanol–water partition coefficient (Wildman–Crippen LogP) is -0.137. The maximum Gasteiger partial charge on any atom is 0.247 e. The first-order valence-electron chi connectivity index (χ1n) is 3.70. The van der Waals surface area contributed by atoms with E-state index in [-0.39, 0.29) is 16.5 Å². The molecule has 0 aliphatic carbocycles. The molecule has 0 amide bonds. The van der Waals surface area contributed by atoms with Gasteiger partial charge >= 0.3 is 0 Å². The highest BCUT2D eigenvalue weighted by Crippen LogP contribution is 2.20. The molecule has 0 radical (unpaired) electrons. The van der Waals surface area contributed by atoms with Gasteiger partial charge in [-0.2, -0.15) is 0 Å². The number of hydrogen-bond donors (Lipinski definition) is 2. The van der Waals surface area contributed by atoms with Gasteiger partial charge in [-0.05, 0) is 6.92 Å². The average Bonchev–Trinajstić information content (AvgIpc) is 2.31. The van der Waals surface area contributed by atoms with Gasteiger partial charge in [0.1, 0.15) is 0 Å². The van der Waals surface area contributed by atoms with Crippen molar-refractivity contribution in [3.63, 3.8) is 0 Å². The van der Waals surface area contributed by atoms with Crippen molar-refractivity contribution >= 4 is 15.8 Å². The summed E-state index contributed by atoms with van der Waals surface area (Å²) in [5.41, 5.74) is 5.33. The van der Waals surface area contributed by atoms with Gasteiger partial charge in [-0.25, -0.2) is 13.1 Å². The molecule has 0 atom stereocenters. The summed E-state index contributed by atoms with van der Waals surface area (Å²) in [4.78, 5) is -0.0747. The molecule has 7 heteroatoms. The van der Waals surface area contributed by atoms with Crippen LogP contribution in [0.5, 0.6) is 0 Å². The zero-order valence-electron chi connectivity index (χ0n) is 7.36. The maximum atomic E-state index is 11.4. The maximum absolute atomic E-state index is 11.4. The zero-order chi connectivity index (χ0) is 10.1. The molecular weight excluding hydrogens is 194 g/mol. The molecule has 1 aromatic heterocycles. The summed E-state index contributed by atoms with van der Waals surface area (Å²) < 4.78 is 29.8. The largest absolute Gasteiger partial charge is 0.380 e. The summed E-state index contributed by atoms with van der Waals surface area (Å²) in [6, 6.07) is 0. The van der Waals surface area contributed by atoms with E-state index in [2.05, 4.69) is 14.4 Å². The monoisotopic (exact) mass is 205 g/mol. The van der Waals surface area contributed by atoms with Crippen LogP contribution in [0, 0.1) is 6.92 Å². The fourth-order valence-corrected chi connectivity index (χ4v) is 2.22. The van der Waals surface area contributed by atoms with Crippen LogP contribution < -0.4 is 10.5 Å². The molecule has 0 aliphatic rings. The standard InChI is InChI=1S/C6H11N3O3S/c1-3-8-13(10,11)5-4(2)12-9-6(5)7/h8H,3H2,1-2H3,(H2,7,9). The second kappa shape index (κ2) is 3.35. The van der Waals surface area contributed by atoms with Gasteiger partial charge in [0.05, 0.1) is 0 Å². The SMILES string of the molecule is CCNS(=O)(=O)c1c(N)noc1C. The van der Waals surface area contributed by atoms with Gasteiger partial charge in [0.2, 0.25) is 10.0 Å². The number of hydrogen-bond acceptors (Lipinski definition) is 5. The Morgan fingerprint density at radius 3 is 2.62 bits per heavy atom. The third-order valence-electron chi connectivity index (χ3n) is 1.44. The van der Waals surface area contributed by atoms with Crippen molar-refractivity contribution < 1.29 is 12.9 Å². The van der Waals surface area contributed by atoms with Gasteiger partial charge in [-0.3, -0.25) is 0 Å². The molecule has 0 saturated heterocycles. The van der Waals surface area contributed by atoms with Gasteiger partial charge in [0, 0.05) is 6.54 Å². The quantitative estimate of drug-likeness (QED) is 0.715. The van der Waals surface area contributed by atoms with E-state index in [0.29, 0.717) is 6.54 Å². The Morgan fingerprint density at radius 2 is 2.23 bits per heavy atom. The van der Waals surface area contributed by atoms with Crippen LogP contribution in [0.25, 0.3) is 0 Å². The van der Waals surface area contributed by atoms with Gasteiger partial charge in [-0.1, -0.05) is 12.1 Å². The lowest BCUT2D eigenvalue weighted by Gasteiger charge is -2.01. The second-order valence-corrected chi connectivity index (χ2v) is 4.16. The molecule has 1 heterocycles. The predicted molar refractivity (Wildman–Crippen MR) is 46.5 cm³/mol. The van der Waals surface area contributed by atoms with E-state index in [1.54, 1.807) is 6.92 Å². The molecule has 0 spiro atoms. The smallest absolute Gasteiger partial charge is 0.247 e. The van der Waals surface area contributed by atoms with E-state index in [1.807, 2.05) is 0 Å². The summed E-state index contributed by atoms with van der Waals surface area (Å²) in [5, 5.41) is 3.35. The highest BCUT2D eigenvalue weighted by molar-refractivity contribution is 7.89. The minimum atomic E-state index is -3.56. The summed E-state index contributed by atoms with van der Waals surface area (Å²) in [6.07, 6.45) is 0. The number of aryl methyl sites for hydroxylation is 1. The number of rotatable bonds is 3. The molecule has 0 aromatic carbocycles. The minimum absolute atomic E-state index is 0.0747. The highest BCUT2D eigenvalue weighted by Gasteiger charge is 2.23. The van der Waals surface area contributed by atoms with Crippen molar-refractivity contribution in [1.29, 1.82) is 0 Å². The number of anilines is 1. The number of nitrogens with zero attached hydrogens (tertiary/aromatic N) is 1. The normalized spacial score (nSPS) is 11.8. The van der Waals surface area contributed by atoms with Crippen molar-refractivity contribution in [3.8, 4) is 0 Å². The fraction of sp³-hybridized carbons (Fsp3) is 0.500. The molecule has 1 rings (SSSR count). The third-order valence-corrected chi connectivity index (χ3v) is 3.14. The lowest BCUT2D eigenvalue weighted by atomic mass is 10.5. The number of nitrogen functional groups attached to an aromatic ring is 1. The molecule has 1 aromatic rings. The van der Waals surface area contributed by atoms with Crippen LogP contribution in [0.3, 0.4) is 0 Å². The Hall–Kier alpha value is -1.08. The Bertz CT molecular complexity index is 376. The van der Waals surface area contributed by atoms with E-state index in [0.717, 1.165) is 0 Å². The Kier molecular flexibility index (Phi) is 2.58.